The van der Waals surface area contributed by atoms with Crippen molar-refractivity contribution in [1.82, 2.24) is 15.0 Å². The minimum Gasteiger partial charge on any atom is -0.369 e. The van der Waals surface area contributed by atoms with Crippen molar-refractivity contribution in [1.29, 1.82) is 0 Å². The van der Waals surface area contributed by atoms with Gasteiger partial charge in [-0.2, -0.15) is 4.98 Å². The summed E-state index contributed by atoms with van der Waals surface area (Å²) in [6.07, 6.45) is 4.50. The first-order chi connectivity index (χ1) is 8.25. The molecule has 2 aromatic heterocycles. The van der Waals surface area contributed by atoms with Crippen LogP contribution in [0.2, 0.25) is 0 Å². The van der Waals surface area contributed by atoms with Crippen LogP contribution in [-0.4, -0.2) is 35.6 Å². The zero-order chi connectivity index (χ0) is 12.1. The molecule has 0 fully saturated rings. The Kier molecular flexibility index (Phi) is 3.87. The molecular weight excluding hydrogens is 234 g/mol. The molecule has 0 aliphatic carbocycles. The van der Waals surface area contributed by atoms with Crippen LogP contribution in [0.1, 0.15) is 5.01 Å². The molecule has 0 atom stereocenters. The van der Waals surface area contributed by atoms with Crippen molar-refractivity contribution >= 4 is 23.1 Å². The molecular formula is C11H15N5S. The van der Waals surface area contributed by atoms with Crippen molar-refractivity contribution < 1.29 is 0 Å². The van der Waals surface area contributed by atoms with E-state index in [1.165, 1.54) is 0 Å². The Hall–Kier alpha value is -1.69. The van der Waals surface area contributed by atoms with E-state index in [9.17, 15) is 0 Å². The summed E-state index contributed by atoms with van der Waals surface area (Å²) in [5.41, 5.74) is 0. The number of thiazole rings is 1. The summed E-state index contributed by atoms with van der Waals surface area (Å²) in [6, 6.07) is 1.87. The van der Waals surface area contributed by atoms with Crippen molar-refractivity contribution in [3.63, 3.8) is 0 Å². The first kappa shape index (κ1) is 11.8. The highest BCUT2D eigenvalue weighted by atomic mass is 32.1. The lowest BCUT2D eigenvalue weighted by molar-refractivity contribution is 0.961. The molecule has 0 saturated heterocycles. The second kappa shape index (κ2) is 5.58. The van der Waals surface area contributed by atoms with Gasteiger partial charge in [-0.25, -0.2) is 9.97 Å². The van der Waals surface area contributed by atoms with E-state index >= 15 is 0 Å². The van der Waals surface area contributed by atoms with E-state index < -0.39 is 0 Å². The molecule has 0 aromatic carbocycles. The van der Waals surface area contributed by atoms with Gasteiger partial charge in [0.25, 0.3) is 0 Å². The lowest BCUT2D eigenvalue weighted by atomic mass is 10.4. The van der Waals surface area contributed by atoms with E-state index in [4.69, 9.17) is 0 Å². The Morgan fingerprint density at radius 3 is 2.88 bits per heavy atom. The van der Waals surface area contributed by atoms with E-state index in [2.05, 4.69) is 20.3 Å². The average molecular weight is 249 g/mol. The zero-order valence-electron chi connectivity index (χ0n) is 9.92. The first-order valence-corrected chi connectivity index (χ1v) is 6.26. The van der Waals surface area contributed by atoms with Gasteiger partial charge in [0.05, 0.1) is 5.01 Å². The number of nitrogens with zero attached hydrogens (tertiary/aromatic N) is 4. The average Bonchev–Trinajstić information content (AvgIpc) is 2.82. The molecule has 0 aliphatic rings. The van der Waals surface area contributed by atoms with Crippen molar-refractivity contribution in [2.75, 3.05) is 30.9 Å². The van der Waals surface area contributed by atoms with Gasteiger partial charge in [-0.05, 0) is 6.07 Å². The third kappa shape index (κ3) is 3.39. The Labute approximate surface area is 105 Å². The molecule has 90 valence electrons. The molecule has 5 nitrogen and oxygen atoms in total. The molecule has 17 heavy (non-hydrogen) atoms. The zero-order valence-corrected chi connectivity index (χ0v) is 10.7. The summed E-state index contributed by atoms with van der Waals surface area (Å²) in [4.78, 5) is 14.7. The minimum atomic E-state index is 0.712. The Balaban J connectivity index is 1.88. The third-order valence-corrected chi connectivity index (χ3v) is 3.01. The predicted octanol–water partition coefficient (Wildman–Crippen LogP) is 1.65. The lowest BCUT2D eigenvalue weighted by Gasteiger charge is -2.11. The molecule has 0 saturated carbocycles. The van der Waals surface area contributed by atoms with E-state index in [1.807, 2.05) is 36.6 Å². The lowest BCUT2D eigenvalue weighted by Crippen LogP contribution is -2.14. The molecule has 2 heterocycles. The molecule has 0 bridgehead atoms. The maximum absolute atomic E-state index is 4.38. The quantitative estimate of drug-likeness (QED) is 0.873. The van der Waals surface area contributed by atoms with E-state index in [-0.39, 0.29) is 0 Å². The fourth-order valence-corrected chi connectivity index (χ4v) is 1.96. The molecule has 0 aliphatic heterocycles. The maximum atomic E-state index is 4.38. The van der Waals surface area contributed by atoms with Crippen molar-refractivity contribution in [2.24, 2.45) is 0 Å². The summed E-state index contributed by atoms with van der Waals surface area (Å²) < 4.78 is 0. The van der Waals surface area contributed by atoms with E-state index in [0.29, 0.717) is 5.95 Å². The largest absolute Gasteiger partial charge is 0.369 e. The van der Waals surface area contributed by atoms with Gasteiger partial charge < -0.3 is 10.2 Å². The molecule has 6 heteroatoms. The number of anilines is 2. The SMILES string of the molecule is CN(C)c1nccc(NCCc2nccs2)n1. The number of nitrogens with one attached hydrogen (secondary N) is 1. The standard InChI is InChI=1S/C11H15N5S/c1-16(2)11-14-5-3-9(15-11)12-6-4-10-13-7-8-17-10/h3,5,7-8H,4,6H2,1-2H3,(H,12,14,15). The highest BCUT2D eigenvalue weighted by molar-refractivity contribution is 7.09. The van der Waals surface area contributed by atoms with Crippen LogP contribution in [0, 0.1) is 0 Å². The molecule has 0 radical (unpaired) electrons. The van der Waals surface area contributed by atoms with Gasteiger partial charge in [0, 0.05) is 44.8 Å². The van der Waals surface area contributed by atoms with Crippen LogP contribution < -0.4 is 10.2 Å². The van der Waals surface area contributed by atoms with Crippen molar-refractivity contribution in [3.05, 3.63) is 28.8 Å². The second-order valence-electron chi connectivity index (χ2n) is 3.74. The molecule has 0 spiro atoms. The summed E-state index contributed by atoms with van der Waals surface area (Å²) in [5, 5.41) is 6.40. The van der Waals surface area contributed by atoms with Crippen molar-refractivity contribution in [3.8, 4) is 0 Å². The summed E-state index contributed by atoms with van der Waals surface area (Å²) in [7, 11) is 3.85. The van der Waals surface area contributed by atoms with Gasteiger partial charge >= 0.3 is 0 Å². The van der Waals surface area contributed by atoms with E-state index in [0.717, 1.165) is 23.8 Å². The van der Waals surface area contributed by atoms with Crippen LogP contribution in [0.25, 0.3) is 0 Å². The van der Waals surface area contributed by atoms with Gasteiger partial charge in [-0.15, -0.1) is 11.3 Å². The van der Waals surface area contributed by atoms with Crippen LogP contribution in [-0.2, 0) is 6.42 Å². The van der Waals surface area contributed by atoms with Gasteiger partial charge in [0.1, 0.15) is 5.82 Å². The monoisotopic (exact) mass is 249 g/mol. The molecule has 0 unspecified atom stereocenters. The topological polar surface area (TPSA) is 53.9 Å². The van der Waals surface area contributed by atoms with Crippen molar-refractivity contribution in [2.45, 2.75) is 6.42 Å². The first-order valence-electron chi connectivity index (χ1n) is 5.38. The molecule has 1 N–H and O–H groups in total. The minimum absolute atomic E-state index is 0.712. The Morgan fingerprint density at radius 1 is 1.29 bits per heavy atom. The predicted molar refractivity (Wildman–Crippen MR) is 70.7 cm³/mol. The molecule has 2 aromatic rings. The van der Waals surface area contributed by atoms with Gasteiger partial charge in [-0.1, -0.05) is 0 Å². The molecule has 2 rings (SSSR count). The number of hydrogen-bond donors (Lipinski definition) is 1. The highest BCUT2D eigenvalue weighted by Crippen LogP contribution is 2.09. The van der Waals surface area contributed by atoms with Crippen LogP contribution in [0.5, 0.6) is 0 Å². The fraction of sp³-hybridized carbons (Fsp3) is 0.364. The van der Waals surface area contributed by atoms with Crippen LogP contribution >= 0.6 is 11.3 Å². The molecule has 0 amide bonds. The van der Waals surface area contributed by atoms with Gasteiger partial charge in [0.15, 0.2) is 0 Å². The van der Waals surface area contributed by atoms with Crippen LogP contribution in [0.15, 0.2) is 23.8 Å². The summed E-state index contributed by atoms with van der Waals surface area (Å²) in [6.45, 7) is 0.831. The number of aromatic nitrogens is 3. The van der Waals surface area contributed by atoms with Crippen LogP contribution in [0.4, 0.5) is 11.8 Å². The Bertz CT molecular complexity index is 455. The summed E-state index contributed by atoms with van der Waals surface area (Å²) >= 11 is 1.67. The maximum Gasteiger partial charge on any atom is 0.226 e. The fourth-order valence-electron chi connectivity index (χ4n) is 1.34. The highest BCUT2D eigenvalue weighted by Gasteiger charge is 2.01. The van der Waals surface area contributed by atoms with Gasteiger partial charge in [0.2, 0.25) is 5.95 Å². The normalized spacial score (nSPS) is 10.2. The van der Waals surface area contributed by atoms with Crippen LogP contribution in [0.3, 0.4) is 0 Å². The number of rotatable bonds is 5. The Morgan fingerprint density at radius 2 is 2.18 bits per heavy atom. The second-order valence-corrected chi connectivity index (χ2v) is 4.72. The van der Waals surface area contributed by atoms with E-state index in [1.54, 1.807) is 17.5 Å². The number of hydrogen-bond acceptors (Lipinski definition) is 6. The third-order valence-electron chi connectivity index (χ3n) is 2.17. The summed E-state index contributed by atoms with van der Waals surface area (Å²) in [5.74, 6) is 1.56. The smallest absolute Gasteiger partial charge is 0.226 e. The van der Waals surface area contributed by atoms with Gasteiger partial charge in [-0.3, -0.25) is 0 Å².